The van der Waals surface area contributed by atoms with Crippen LogP contribution in [0, 0.1) is 0 Å². The Morgan fingerprint density at radius 1 is 0.797 bits per heavy atom. The molecule has 2 amide bonds. The number of hydrogen-bond donors (Lipinski definition) is 8. The number of nitrogens with zero attached hydrogens (tertiary/aromatic N) is 3. The van der Waals surface area contributed by atoms with E-state index in [0.717, 1.165) is 6.42 Å². The van der Waals surface area contributed by atoms with E-state index in [4.69, 9.17) is 24.7 Å². The van der Waals surface area contributed by atoms with Gasteiger partial charge in [-0.05, 0) is 56.9 Å². The predicted molar refractivity (Wildman–Crippen MR) is 218 cm³/mol. The predicted octanol–water partition coefficient (Wildman–Crippen LogP) is 0.363. The summed E-state index contributed by atoms with van der Waals surface area (Å²) in [4.78, 5) is 87.3. The normalized spacial score (nSPS) is 11.7. The number of aromatic nitrogens is 4. The number of rotatable bonds is 30. The average molecular weight is 825 g/mol. The highest BCUT2D eigenvalue weighted by Crippen LogP contribution is 2.15. The molecule has 320 valence electrons. The Morgan fingerprint density at radius 2 is 1.39 bits per heavy atom. The third-order valence-electron chi connectivity index (χ3n) is 8.55. The number of ether oxygens (including phenoxy) is 4. The van der Waals surface area contributed by atoms with Crippen molar-refractivity contribution in [3.8, 4) is 0 Å². The Labute approximate surface area is 338 Å². The van der Waals surface area contributed by atoms with E-state index in [9.17, 15) is 33.9 Å². The lowest BCUT2D eigenvalue weighted by Crippen LogP contribution is -2.41. The van der Waals surface area contributed by atoms with Gasteiger partial charge < -0.3 is 56.4 Å². The molecular weight excluding hydrogens is 772 g/mol. The number of amides is 2. The molecule has 21 nitrogen and oxygen atoms in total. The third-order valence-corrected chi connectivity index (χ3v) is 8.55. The van der Waals surface area contributed by atoms with Crippen molar-refractivity contribution in [1.82, 2.24) is 30.6 Å². The highest BCUT2D eigenvalue weighted by atomic mass is 16.5. The summed E-state index contributed by atoms with van der Waals surface area (Å²) in [5.74, 6) is -2.28. The molecule has 0 saturated carbocycles. The van der Waals surface area contributed by atoms with E-state index in [1.54, 1.807) is 12.1 Å². The van der Waals surface area contributed by atoms with Crippen molar-refractivity contribution in [2.45, 2.75) is 51.6 Å². The quantitative estimate of drug-likeness (QED) is 0.0260. The third kappa shape index (κ3) is 15.3. The van der Waals surface area contributed by atoms with Gasteiger partial charge in [-0.2, -0.15) is 4.98 Å². The van der Waals surface area contributed by atoms with Crippen molar-refractivity contribution in [1.29, 1.82) is 0 Å². The molecular formula is C38H52N10O11. The van der Waals surface area contributed by atoms with E-state index in [0.29, 0.717) is 108 Å². The SMILES string of the molecule is CCOCCCNc1c(NCCCOCCOCCOCCCNC(=O)CC[C@H](NC(=O)c2ccc(NCc3cnc4nc(N)[nH]c(=O)c4n3)cc2)C(=O)O)c(=O)c1=O. The number of carboxylic acid groups (broad SMARTS) is 1. The van der Waals surface area contributed by atoms with Gasteiger partial charge >= 0.3 is 5.97 Å². The Hall–Kier alpha value is -6.03. The maximum Gasteiger partial charge on any atom is 0.326 e. The zero-order chi connectivity index (χ0) is 42.4. The van der Waals surface area contributed by atoms with E-state index in [1.165, 1.54) is 18.3 Å². The molecule has 0 radical (unpaired) electrons. The number of carbonyl (C=O) groups is 3. The molecule has 9 N–H and O–H groups in total. The average Bonchev–Trinajstić information content (AvgIpc) is 3.23. The van der Waals surface area contributed by atoms with Crippen LogP contribution in [0.5, 0.6) is 0 Å². The van der Waals surface area contributed by atoms with Crippen LogP contribution in [0.4, 0.5) is 23.0 Å². The molecule has 59 heavy (non-hydrogen) atoms. The number of anilines is 4. The van der Waals surface area contributed by atoms with Gasteiger partial charge in [0.2, 0.25) is 11.9 Å². The second-order valence-electron chi connectivity index (χ2n) is 13.0. The molecule has 4 aromatic rings. The van der Waals surface area contributed by atoms with E-state index in [1.807, 2.05) is 6.92 Å². The van der Waals surface area contributed by atoms with Gasteiger partial charge in [-0.25, -0.2) is 14.8 Å². The van der Waals surface area contributed by atoms with Crippen LogP contribution in [0.1, 0.15) is 55.1 Å². The van der Waals surface area contributed by atoms with Crippen LogP contribution in [0.2, 0.25) is 0 Å². The molecule has 0 bridgehead atoms. The summed E-state index contributed by atoms with van der Waals surface area (Å²) >= 11 is 0. The lowest BCUT2D eigenvalue weighted by Gasteiger charge is -2.15. The first-order chi connectivity index (χ1) is 28.6. The van der Waals surface area contributed by atoms with Crippen molar-refractivity contribution in [2.24, 2.45) is 0 Å². The summed E-state index contributed by atoms with van der Waals surface area (Å²) in [7, 11) is 0. The molecule has 0 fully saturated rings. The molecule has 0 aliphatic carbocycles. The molecule has 0 unspecified atom stereocenters. The maximum absolute atomic E-state index is 12.8. The van der Waals surface area contributed by atoms with Crippen molar-refractivity contribution in [3.05, 3.63) is 72.5 Å². The smallest absolute Gasteiger partial charge is 0.326 e. The molecule has 2 aromatic heterocycles. The fourth-order valence-electron chi connectivity index (χ4n) is 5.44. The molecule has 2 heterocycles. The first-order valence-corrected chi connectivity index (χ1v) is 19.3. The second kappa shape index (κ2) is 24.7. The summed E-state index contributed by atoms with van der Waals surface area (Å²) in [5.41, 5.74) is 6.15. The van der Waals surface area contributed by atoms with Crippen LogP contribution in [0.25, 0.3) is 11.2 Å². The monoisotopic (exact) mass is 824 g/mol. The number of H-pyrrole nitrogens is 1. The highest BCUT2D eigenvalue weighted by Gasteiger charge is 2.22. The van der Waals surface area contributed by atoms with E-state index >= 15 is 0 Å². The van der Waals surface area contributed by atoms with Crippen LogP contribution in [0.3, 0.4) is 0 Å². The number of nitrogen functional groups attached to an aromatic ring is 1. The highest BCUT2D eigenvalue weighted by molar-refractivity contribution is 5.97. The van der Waals surface area contributed by atoms with Gasteiger partial charge in [-0.3, -0.25) is 29.0 Å². The number of fused-ring (bicyclic) bond motifs is 1. The maximum atomic E-state index is 12.8. The number of nitrogens with one attached hydrogen (secondary N) is 6. The summed E-state index contributed by atoms with van der Waals surface area (Å²) in [6.45, 7) is 7.06. The van der Waals surface area contributed by atoms with Gasteiger partial charge in [0.05, 0.1) is 44.9 Å². The Morgan fingerprint density at radius 3 is 2.00 bits per heavy atom. The standard InChI is InChI=1S/C38H52N10O11/c1-2-56-15-4-13-41-29-30(33(51)32(29)50)42-14-5-17-58-19-21-59-20-18-57-16-3-12-40-28(49)11-10-27(37(54)55)46-35(52)24-6-8-25(9-7-24)43-22-26-23-44-34-31(45-26)36(53)48-38(39)47-34/h6-9,23,27,41-43H,2-5,10-22H2,1H3,(H,40,49)(H,46,52)(H,54,55)(H3,39,44,47,48,53)/t27-/m0/s1. The van der Waals surface area contributed by atoms with Gasteiger partial charge in [0.25, 0.3) is 22.3 Å². The molecule has 0 saturated heterocycles. The zero-order valence-electron chi connectivity index (χ0n) is 32.9. The zero-order valence-corrected chi connectivity index (χ0v) is 32.9. The van der Waals surface area contributed by atoms with Crippen molar-refractivity contribution in [2.75, 3.05) is 94.2 Å². The molecule has 4 rings (SSSR count). The number of carboxylic acids is 1. The Balaban J connectivity index is 0.981. The topological polar surface area (TPSA) is 300 Å². The van der Waals surface area contributed by atoms with Crippen LogP contribution < -0.4 is 48.7 Å². The molecule has 0 aliphatic heterocycles. The summed E-state index contributed by atoms with van der Waals surface area (Å²) < 4.78 is 21.8. The second-order valence-corrected chi connectivity index (χ2v) is 13.0. The van der Waals surface area contributed by atoms with Crippen LogP contribution in [0.15, 0.2) is 44.8 Å². The fourth-order valence-corrected chi connectivity index (χ4v) is 5.44. The summed E-state index contributed by atoms with van der Waals surface area (Å²) in [6, 6.07) is 5.02. The molecule has 2 aromatic carbocycles. The van der Waals surface area contributed by atoms with E-state index in [2.05, 4.69) is 46.5 Å². The minimum atomic E-state index is -1.27. The first kappa shape index (κ1) is 45.7. The minimum Gasteiger partial charge on any atom is -0.480 e. The first-order valence-electron chi connectivity index (χ1n) is 19.3. The number of aliphatic carboxylic acids is 1. The number of benzene rings is 1. The van der Waals surface area contributed by atoms with E-state index in [-0.39, 0.29) is 48.0 Å². The lowest BCUT2D eigenvalue weighted by atomic mass is 10.1. The van der Waals surface area contributed by atoms with Gasteiger partial charge in [0.15, 0.2) is 11.2 Å². The Bertz CT molecular complexity index is 2090. The molecule has 21 heteroatoms. The van der Waals surface area contributed by atoms with Crippen molar-refractivity contribution in [3.63, 3.8) is 0 Å². The summed E-state index contributed by atoms with van der Waals surface area (Å²) in [5, 5.41) is 23.9. The number of nitrogens with two attached hydrogens (primary N) is 1. The van der Waals surface area contributed by atoms with Crippen molar-refractivity contribution < 1.29 is 38.4 Å². The molecule has 1 atom stereocenters. The van der Waals surface area contributed by atoms with Gasteiger partial charge in [-0.1, -0.05) is 0 Å². The van der Waals surface area contributed by atoms with Crippen LogP contribution in [-0.2, 0) is 35.1 Å². The molecule has 0 aliphatic rings. The van der Waals surface area contributed by atoms with Gasteiger partial charge in [0.1, 0.15) is 17.4 Å². The lowest BCUT2D eigenvalue weighted by molar-refractivity contribution is -0.139. The van der Waals surface area contributed by atoms with Crippen molar-refractivity contribution >= 4 is 52.0 Å². The Kier molecular flexibility index (Phi) is 19.1. The van der Waals surface area contributed by atoms with E-state index < -0.39 is 34.3 Å². The number of hydrogen-bond acceptors (Lipinski definition) is 17. The largest absolute Gasteiger partial charge is 0.480 e. The minimum absolute atomic E-state index is 0.0510. The van der Waals surface area contributed by atoms with Gasteiger partial charge in [-0.15, -0.1) is 0 Å². The fraction of sp³-hybridized carbons (Fsp3) is 0.500. The molecule has 0 spiro atoms. The van der Waals surface area contributed by atoms with Crippen LogP contribution >= 0.6 is 0 Å². The number of carbonyl (C=O) groups excluding carboxylic acids is 2. The van der Waals surface area contributed by atoms with Crippen LogP contribution in [-0.4, -0.2) is 121 Å². The summed E-state index contributed by atoms with van der Waals surface area (Å²) in [6.07, 6.45) is 3.17. The van der Waals surface area contributed by atoms with Gasteiger partial charge in [0, 0.05) is 63.7 Å². The number of aromatic amines is 1.